The first-order valence-electron chi connectivity index (χ1n) is 13.9. The molecule has 200 valence electrons. The molecule has 0 aliphatic rings. The molecule has 0 saturated heterocycles. The highest BCUT2D eigenvalue weighted by Gasteiger charge is 2.16. The monoisotopic (exact) mass is 541 g/mol. The molecule has 7 rings (SSSR count). The Morgan fingerprint density at radius 1 is 0.548 bits per heavy atom. The molecule has 42 heavy (non-hydrogen) atoms. The zero-order valence-electron chi connectivity index (χ0n) is 22.9. The third kappa shape index (κ3) is 4.69. The molecule has 0 atom stereocenters. The minimum Gasteiger partial charge on any atom is -0.456 e. The quantitative estimate of drug-likeness (QED) is 0.158. The Hall–Kier alpha value is -5.61. The van der Waals surface area contributed by atoms with E-state index in [0.29, 0.717) is 18.2 Å². The number of furan rings is 1. The van der Waals surface area contributed by atoms with Gasteiger partial charge in [-0.1, -0.05) is 127 Å². The molecule has 1 heterocycles. The number of aliphatic imine (C=N–C) groups is 3. The van der Waals surface area contributed by atoms with E-state index in [1.807, 2.05) is 72.8 Å². The number of hydrogen-bond acceptors (Lipinski definition) is 2. The highest BCUT2D eigenvalue weighted by molar-refractivity contribution is 6.20. The Labute approximate surface area is 244 Å². The molecule has 0 spiro atoms. The van der Waals surface area contributed by atoms with Gasteiger partial charge >= 0.3 is 0 Å². The van der Waals surface area contributed by atoms with Gasteiger partial charge in [0, 0.05) is 21.9 Å². The second kappa shape index (κ2) is 11.1. The van der Waals surface area contributed by atoms with Gasteiger partial charge < -0.3 is 4.42 Å². The van der Waals surface area contributed by atoms with Crippen LogP contribution in [-0.2, 0) is 6.54 Å². The van der Waals surface area contributed by atoms with Crippen LogP contribution in [-0.4, -0.2) is 18.4 Å². The number of para-hydroxylation sites is 1. The zero-order valence-corrected chi connectivity index (χ0v) is 22.9. The van der Waals surface area contributed by atoms with Crippen LogP contribution >= 0.6 is 0 Å². The predicted molar refractivity (Wildman–Crippen MR) is 176 cm³/mol. The van der Waals surface area contributed by atoms with Crippen molar-refractivity contribution >= 4 is 51.1 Å². The summed E-state index contributed by atoms with van der Waals surface area (Å²) in [4.78, 5) is 14.3. The van der Waals surface area contributed by atoms with Crippen LogP contribution in [0.2, 0.25) is 0 Å². The van der Waals surface area contributed by atoms with E-state index in [1.165, 1.54) is 0 Å². The molecular formula is C38H27N3O. The average Bonchev–Trinajstić information content (AvgIpc) is 3.44. The topological polar surface area (TPSA) is 50.2 Å². The van der Waals surface area contributed by atoms with Crippen LogP contribution in [0.5, 0.6) is 0 Å². The van der Waals surface area contributed by atoms with Crippen LogP contribution in [0.1, 0.15) is 16.7 Å². The highest BCUT2D eigenvalue weighted by Crippen LogP contribution is 2.39. The van der Waals surface area contributed by atoms with Gasteiger partial charge in [0.05, 0.1) is 6.54 Å². The van der Waals surface area contributed by atoms with Gasteiger partial charge in [0.25, 0.3) is 0 Å². The van der Waals surface area contributed by atoms with Crippen LogP contribution in [0.25, 0.3) is 43.8 Å². The summed E-state index contributed by atoms with van der Waals surface area (Å²) in [5.74, 6) is 1.14. The lowest BCUT2D eigenvalue weighted by atomic mass is 9.93. The van der Waals surface area contributed by atoms with Crippen molar-refractivity contribution in [1.29, 1.82) is 0 Å². The van der Waals surface area contributed by atoms with E-state index >= 15 is 0 Å². The van der Waals surface area contributed by atoms with Gasteiger partial charge in [-0.3, -0.25) is 4.99 Å². The van der Waals surface area contributed by atoms with Crippen LogP contribution < -0.4 is 0 Å². The van der Waals surface area contributed by atoms with Gasteiger partial charge in [0.15, 0.2) is 11.7 Å². The Balaban J connectivity index is 1.39. The van der Waals surface area contributed by atoms with Crippen molar-refractivity contribution in [2.45, 2.75) is 6.54 Å². The number of rotatable bonds is 5. The summed E-state index contributed by atoms with van der Waals surface area (Å²) in [6, 6.07) is 47.3. The second-order valence-electron chi connectivity index (χ2n) is 10.1. The van der Waals surface area contributed by atoms with Gasteiger partial charge in [0.2, 0.25) is 0 Å². The number of hydrogen-bond donors (Lipinski definition) is 0. The number of fused-ring (bicyclic) bond motifs is 4. The maximum atomic E-state index is 6.19. The molecule has 0 amide bonds. The first kappa shape index (κ1) is 25.4. The summed E-state index contributed by atoms with van der Waals surface area (Å²) >= 11 is 0. The van der Waals surface area contributed by atoms with Gasteiger partial charge in [-0.2, -0.15) is 0 Å². The molecule has 0 unspecified atom stereocenters. The molecule has 7 aromatic rings. The van der Waals surface area contributed by atoms with Crippen molar-refractivity contribution in [3.05, 3.63) is 156 Å². The molecule has 1 aromatic heterocycles. The fraction of sp³-hybridized carbons (Fsp3) is 0.0263. The lowest BCUT2D eigenvalue weighted by molar-refractivity contribution is 0.669. The minimum absolute atomic E-state index is 0.515. The summed E-state index contributed by atoms with van der Waals surface area (Å²) in [5, 5.41) is 4.36. The Kier molecular flexibility index (Phi) is 6.71. The summed E-state index contributed by atoms with van der Waals surface area (Å²) in [7, 11) is 0. The first-order valence-corrected chi connectivity index (χ1v) is 13.9. The molecular weight excluding hydrogens is 514 g/mol. The molecule has 4 nitrogen and oxygen atoms in total. The van der Waals surface area contributed by atoms with Gasteiger partial charge in [0.1, 0.15) is 11.2 Å². The summed E-state index contributed by atoms with van der Waals surface area (Å²) < 4.78 is 6.19. The van der Waals surface area contributed by atoms with Crippen molar-refractivity contribution in [2.75, 3.05) is 0 Å². The van der Waals surface area contributed by atoms with E-state index in [9.17, 15) is 0 Å². The molecule has 0 saturated carbocycles. The minimum atomic E-state index is 0.515. The van der Waals surface area contributed by atoms with E-state index in [0.717, 1.165) is 60.5 Å². The SMILES string of the molecule is C=NC(=NC(=NCc1ccccc1)c1ccccc1)c1cccc2c(-c3cccc4oc5ccccc5c34)cccc12. The lowest BCUT2D eigenvalue weighted by Crippen LogP contribution is -2.06. The van der Waals surface area contributed by atoms with Crippen molar-refractivity contribution in [1.82, 2.24) is 0 Å². The van der Waals surface area contributed by atoms with Crippen LogP contribution in [0.3, 0.4) is 0 Å². The lowest BCUT2D eigenvalue weighted by Gasteiger charge is -2.12. The van der Waals surface area contributed by atoms with E-state index in [4.69, 9.17) is 14.4 Å². The number of benzene rings is 6. The Bertz CT molecular complexity index is 2120. The molecule has 0 fully saturated rings. The Morgan fingerprint density at radius 2 is 1.19 bits per heavy atom. The Morgan fingerprint density at radius 3 is 2.02 bits per heavy atom. The fourth-order valence-electron chi connectivity index (χ4n) is 5.55. The summed E-state index contributed by atoms with van der Waals surface area (Å²) in [6.07, 6.45) is 0. The molecule has 4 heteroatoms. The zero-order chi connectivity index (χ0) is 28.3. The maximum Gasteiger partial charge on any atom is 0.161 e. The van der Waals surface area contributed by atoms with Crippen molar-refractivity contribution in [2.24, 2.45) is 15.0 Å². The van der Waals surface area contributed by atoms with E-state index < -0.39 is 0 Å². The third-order valence-electron chi connectivity index (χ3n) is 7.50. The van der Waals surface area contributed by atoms with Crippen molar-refractivity contribution < 1.29 is 4.42 Å². The maximum absolute atomic E-state index is 6.19. The predicted octanol–water partition coefficient (Wildman–Crippen LogP) is 9.50. The van der Waals surface area contributed by atoms with E-state index in [-0.39, 0.29) is 0 Å². The van der Waals surface area contributed by atoms with E-state index in [2.05, 4.69) is 78.4 Å². The molecule has 0 radical (unpaired) electrons. The fourth-order valence-corrected chi connectivity index (χ4v) is 5.55. The standard InChI is InChI=1S/C38H27N3O/c1-39-38(41-37(27-15-6-3-7-16-27)40-25-26-13-4-2-5-14-26)32-22-11-18-28-29(19-10-20-30(28)32)31-21-12-24-35-36(31)33-17-8-9-23-34(33)42-35/h2-24H,1,25H2. The molecule has 0 aliphatic heterocycles. The van der Waals surface area contributed by atoms with Crippen molar-refractivity contribution in [3.8, 4) is 11.1 Å². The highest BCUT2D eigenvalue weighted by atomic mass is 16.3. The van der Waals surface area contributed by atoms with Gasteiger partial charge in [-0.25, -0.2) is 9.98 Å². The van der Waals surface area contributed by atoms with Crippen LogP contribution in [0.4, 0.5) is 0 Å². The molecule has 0 bridgehead atoms. The van der Waals surface area contributed by atoms with E-state index in [1.54, 1.807) is 0 Å². The third-order valence-corrected chi connectivity index (χ3v) is 7.50. The average molecular weight is 542 g/mol. The molecule has 6 aromatic carbocycles. The van der Waals surface area contributed by atoms with Crippen LogP contribution in [0.15, 0.2) is 159 Å². The number of nitrogens with zero attached hydrogens (tertiary/aromatic N) is 3. The molecule has 0 aliphatic carbocycles. The van der Waals surface area contributed by atoms with Crippen LogP contribution in [0, 0.1) is 0 Å². The summed E-state index contributed by atoms with van der Waals surface area (Å²) in [6.45, 7) is 4.42. The number of amidine groups is 2. The smallest absolute Gasteiger partial charge is 0.161 e. The van der Waals surface area contributed by atoms with Gasteiger partial charge in [-0.15, -0.1) is 0 Å². The van der Waals surface area contributed by atoms with Crippen molar-refractivity contribution in [3.63, 3.8) is 0 Å². The largest absolute Gasteiger partial charge is 0.456 e. The van der Waals surface area contributed by atoms with Gasteiger partial charge in [-0.05, 0) is 46.3 Å². The normalized spacial score (nSPS) is 12.3. The first-order chi connectivity index (χ1) is 20.8. The summed E-state index contributed by atoms with van der Waals surface area (Å²) in [5.41, 5.74) is 6.94. The molecule has 0 N–H and O–H groups in total. The second-order valence-corrected chi connectivity index (χ2v) is 10.1.